The summed E-state index contributed by atoms with van der Waals surface area (Å²) in [5.41, 5.74) is 0.736. The van der Waals surface area contributed by atoms with Crippen molar-refractivity contribution in [2.24, 2.45) is 0 Å². The number of halogens is 3. The van der Waals surface area contributed by atoms with E-state index in [2.05, 4.69) is 23.9 Å². The first-order chi connectivity index (χ1) is 9.06. The van der Waals surface area contributed by atoms with Gasteiger partial charge in [-0.2, -0.15) is 0 Å². The number of hydrogen-bond donors (Lipinski definition) is 0. The van der Waals surface area contributed by atoms with Gasteiger partial charge in [0, 0.05) is 0 Å². The molecule has 0 aliphatic heterocycles. The fourth-order valence-corrected chi connectivity index (χ4v) is 1.26. The predicted molar refractivity (Wildman–Crippen MR) is 68.1 cm³/mol. The molecule has 0 unspecified atom stereocenters. The van der Waals surface area contributed by atoms with Crippen LogP contribution < -0.4 is 5.29 Å². The van der Waals surface area contributed by atoms with Crippen LogP contribution in [-0.4, -0.2) is 7.11 Å². The lowest BCUT2D eigenvalue weighted by atomic mass is 10.2. The van der Waals surface area contributed by atoms with Gasteiger partial charge in [-0.05, 0) is 19.1 Å². The average molecular weight is 269 g/mol. The highest BCUT2D eigenvalue weighted by Gasteiger charge is 2.13. The molecule has 2 aromatic carbocycles. The lowest BCUT2D eigenvalue weighted by molar-refractivity contribution is 0.0574. The summed E-state index contributed by atoms with van der Waals surface area (Å²) in [6, 6.07) is 13.4. The third kappa shape index (κ3) is 4.63. The molecule has 0 saturated carbocycles. The lowest BCUT2D eigenvalue weighted by Crippen LogP contribution is -2.11. The van der Waals surface area contributed by atoms with Crippen LogP contribution in [0.4, 0.5) is 18.9 Å². The summed E-state index contributed by atoms with van der Waals surface area (Å²) in [6.45, 7) is 2.08. The zero-order valence-electron chi connectivity index (χ0n) is 10.6. The SMILES string of the molecule is CON(F)c1cccc(F)c1F.Cc1ccccc1. The molecule has 19 heavy (non-hydrogen) atoms. The molecule has 0 bridgehead atoms. The highest BCUT2D eigenvalue weighted by Crippen LogP contribution is 2.21. The molecule has 0 atom stereocenters. The van der Waals surface area contributed by atoms with E-state index in [1.807, 2.05) is 18.2 Å². The van der Waals surface area contributed by atoms with E-state index in [1.54, 1.807) is 0 Å². The molecule has 0 N–H and O–H groups in total. The second-order valence-corrected chi connectivity index (χ2v) is 3.66. The number of rotatable bonds is 2. The monoisotopic (exact) mass is 269 g/mol. The fraction of sp³-hybridized carbons (Fsp3) is 0.143. The van der Waals surface area contributed by atoms with E-state index in [-0.39, 0.29) is 5.29 Å². The zero-order chi connectivity index (χ0) is 14.3. The van der Waals surface area contributed by atoms with Gasteiger partial charge in [0.05, 0.1) is 7.11 Å². The highest BCUT2D eigenvalue weighted by atomic mass is 19.2. The number of aryl methyl sites for hydroxylation is 1. The van der Waals surface area contributed by atoms with Gasteiger partial charge >= 0.3 is 0 Å². The number of nitrogens with zero attached hydrogens (tertiary/aromatic N) is 1. The van der Waals surface area contributed by atoms with Gasteiger partial charge in [0.25, 0.3) is 0 Å². The van der Waals surface area contributed by atoms with Gasteiger partial charge in [-0.1, -0.05) is 51.7 Å². The quantitative estimate of drug-likeness (QED) is 0.598. The Morgan fingerprint density at radius 1 is 0.947 bits per heavy atom. The van der Waals surface area contributed by atoms with Crippen LogP contribution in [0.15, 0.2) is 48.5 Å². The van der Waals surface area contributed by atoms with Crippen molar-refractivity contribution < 1.29 is 18.1 Å². The van der Waals surface area contributed by atoms with Gasteiger partial charge < -0.3 is 0 Å². The normalized spacial score (nSPS) is 9.53. The topological polar surface area (TPSA) is 12.5 Å². The van der Waals surface area contributed by atoms with Crippen molar-refractivity contribution in [3.05, 3.63) is 65.7 Å². The molecule has 2 rings (SSSR count). The molecular formula is C14H14F3NO. The van der Waals surface area contributed by atoms with Gasteiger partial charge in [0.2, 0.25) is 0 Å². The molecule has 0 radical (unpaired) electrons. The Morgan fingerprint density at radius 3 is 2.05 bits per heavy atom. The first-order valence-electron chi connectivity index (χ1n) is 5.52. The molecule has 5 heteroatoms. The van der Waals surface area contributed by atoms with E-state index >= 15 is 0 Å². The summed E-state index contributed by atoms with van der Waals surface area (Å²) < 4.78 is 37.7. The molecular weight excluding hydrogens is 255 g/mol. The van der Waals surface area contributed by atoms with Crippen LogP contribution in [-0.2, 0) is 4.84 Å². The van der Waals surface area contributed by atoms with E-state index in [1.165, 1.54) is 11.6 Å². The Balaban J connectivity index is 0.000000218. The summed E-state index contributed by atoms with van der Waals surface area (Å²) in [6.07, 6.45) is 0. The van der Waals surface area contributed by atoms with Crippen molar-refractivity contribution in [3.63, 3.8) is 0 Å². The smallest absolute Gasteiger partial charge is 0.187 e. The zero-order valence-corrected chi connectivity index (χ0v) is 10.6. The molecule has 0 spiro atoms. The second-order valence-electron chi connectivity index (χ2n) is 3.66. The number of hydrogen-bond acceptors (Lipinski definition) is 2. The van der Waals surface area contributed by atoms with Gasteiger partial charge in [0.1, 0.15) is 5.69 Å². The lowest BCUT2D eigenvalue weighted by Gasteiger charge is -2.10. The maximum atomic E-state index is 12.7. The molecule has 0 aliphatic carbocycles. The first kappa shape index (κ1) is 15.0. The first-order valence-corrected chi connectivity index (χ1v) is 5.52. The van der Waals surface area contributed by atoms with Gasteiger partial charge in [-0.15, -0.1) is 0 Å². The Labute approximate surface area is 109 Å². The summed E-state index contributed by atoms with van der Waals surface area (Å²) in [7, 11) is 1.00. The van der Waals surface area contributed by atoms with Crippen LogP contribution in [0.25, 0.3) is 0 Å². The minimum Gasteiger partial charge on any atom is -0.248 e. The van der Waals surface area contributed by atoms with Gasteiger partial charge in [0.15, 0.2) is 11.6 Å². The molecule has 0 amide bonds. The van der Waals surface area contributed by atoms with E-state index in [4.69, 9.17) is 0 Å². The average Bonchev–Trinajstić information content (AvgIpc) is 2.42. The Hall–Kier alpha value is -2.01. The van der Waals surface area contributed by atoms with Crippen LogP contribution in [0.5, 0.6) is 0 Å². The van der Waals surface area contributed by atoms with Crippen molar-refractivity contribution in [2.45, 2.75) is 6.92 Å². The van der Waals surface area contributed by atoms with Gasteiger partial charge in [-0.25, -0.2) is 13.6 Å². The third-order valence-corrected chi connectivity index (χ3v) is 2.22. The molecule has 0 fully saturated rings. The molecule has 102 valence electrons. The van der Waals surface area contributed by atoms with Gasteiger partial charge in [-0.3, -0.25) is 0 Å². The molecule has 2 nitrogen and oxygen atoms in total. The summed E-state index contributed by atoms with van der Waals surface area (Å²) in [5.74, 6) is -2.39. The van der Waals surface area contributed by atoms with Crippen LogP contribution in [0.3, 0.4) is 0 Å². The minimum atomic E-state index is -1.28. The van der Waals surface area contributed by atoms with Crippen LogP contribution >= 0.6 is 0 Å². The standard InChI is InChI=1S/C7H6F3NO.C7H8/c1-12-11(10)6-4-2-3-5(8)7(6)9;1-7-5-3-2-4-6-7/h2-4H,1H3;2-6H,1H3. The van der Waals surface area contributed by atoms with E-state index in [9.17, 15) is 13.3 Å². The van der Waals surface area contributed by atoms with Crippen molar-refractivity contribution in [1.82, 2.24) is 0 Å². The highest BCUT2D eigenvalue weighted by molar-refractivity contribution is 5.43. The number of benzene rings is 2. The van der Waals surface area contributed by atoms with E-state index < -0.39 is 17.3 Å². The Kier molecular flexibility index (Phi) is 5.89. The minimum absolute atomic E-state index is 0.349. The summed E-state index contributed by atoms with van der Waals surface area (Å²) >= 11 is 0. The maximum Gasteiger partial charge on any atom is 0.187 e. The van der Waals surface area contributed by atoms with Crippen LogP contribution in [0, 0.1) is 18.6 Å². The molecule has 0 heterocycles. The van der Waals surface area contributed by atoms with Crippen molar-refractivity contribution >= 4 is 5.69 Å². The molecule has 0 saturated heterocycles. The largest absolute Gasteiger partial charge is 0.248 e. The van der Waals surface area contributed by atoms with Crippen molar-refractivity contribution in [2.75, 3.05) is 12.4 Å². The molecule has 0 aromatic heterocycles. The van der Waals surface area contributed by atoms with Crippen LogP contribution in [0.1, 0.15) is 5.56 Å². The molecule has 2 aromatic rings. The van der Waals surface area contributed by atoms with Crippen molar-refractivity contribution in [3.8, 4) is 0 Å². The summed E-state index contributed by atoms with van der Waals surface area (Å²) in [5, 5.41) is -0.349. The second kappa shape index (κ2) is 7.43. The fourth-order valence-electron chi connectivity index (χ4n) is 1.26. The predicted octanol–water partition coefficient (Wildman–Crippen LogP) is 4.21. The number of anilines is 1. The third-order valence-electron chi connectivity index (χ3n) is 2.22. The Bertz CT molecular complexity index is 505. The van der Waals surface area contributed by atoms with Crippen molar-refractivity contribution in [1.29, 1.82) is 0 Å². The Morgan fingerprint density at radius 2 is 1.58 bits per heavy atom. The molecule has 0 aliphatic rings. The van der Waals surface area contributed by atoms with Crippen LogP contribution in [0.2, 0.25) is 0 Å². The maximum absolute atomic E-state index is 12.7. The van der Waals surface area contributed by atoms with E-state index in [0.717, 1.165) is 19.2 Å². The van der Waals surface area contributed by atoms with E-state index in [0.29, 0.717) is 0 Å². The summed E-state index contributed by atoms with van der Waals surface area (Å²) in [4.78, 5) is 4.03.